The molecule has 0 fully saturated rings. The van der Waals surface area contributed by atoms with Gasteiger partial charge in [0.1, 0.15) is 12.3 Å². The summed E-state index contributed by atoms with van der Waals surface area (Å²) in [4.78, 5) is 17.2. The third-order valence-corrected chi connectivity index (χ3v) is 4.35. The Hall–Kier alpha value is -1.68. The van der Waals surface area contributed by atoms with E-state index in [1.165, 1.54) is 0 Å². The van der Waals surface area contributed by atoms with Gasteiger partial charge < -0.3 is 10.4 Å². The molecule has 0 bridgehead atoms. The molecular formula is C14H11BrN2O2S. The summed E-state index contributed by atoms with van der Waals surface area (Å²) in [6, 6.07) is 5.34. The van der Waals surface area contributed by atoms with E-state index in [1.54, 1.807) is 29.7 Å². The van der Waals surface area contributed by atoms with Gasteiger partial charge in [-0.05, 0) is 39.5 Å². The van der Waals surface area contributed by atoms with E-state index in [2.05, 4.69) is 38.1 Å². The number of pyridine rings is 1. The normalized spacial score (nSPS) is 9.70. The predicted molar refractivity (Wildman–Crippen MR) is 81.4 cm³/mol. The van der Waals surface area contributed by atoms with Gasteiger partial charge in [0.05, 0.1) is 12.1 Å². The first kappa shape index (κ1) is 14.7. The second-order valence-electron chi connectivity index (χ2n) is 3.73. The number of aliphatic hydroxyl groups is 1. The summed E-state index contributed by atoms with van der Waals surface area (Å²) < 4.78 is 0.976. The van der Waals surface area contributed by atoms with Crippen LogP contribution in [0.2, 0.25) is 0 Å². The number of carbonyl (C=O) groups is 1. The quantitative estimate of drug-likeness (QED) is 0.834. The van der Waals surface area contributed by atoms with Crippen molar-refractivity contribution >= 4 is 33.2 Å². The maximum atomic E-state index is 12.1. The third kappa shape index (κ3) is 3.67. The fourth-order valence-electron chi connectivity index (χ4n) is 1.52. The van der Waals surface area contributed by atoms with Crippen molar-refractivity contribution in [3.63, 3.8) is 0 Å². The molecule has 2 N–H and O–H groups in total. The van der Waals surface area contributed by atoms with Crippen LogP contribution >= 0.6 is 27.3 Å². The van der Waals surface area contributed by atoms with Crippen molar-refractivity contribution in [2.75, 3.05) is 6.61 Å². The van der Waals surface area contributed by atoms with Gasteiger partial charge in [0.15, 0.2) is 0 Å². The zero-order valence-electron chi connectivity index (χ0n) is 10.4. The summed E-state index contributed by atoms with van der Waals surface area (Å²) in [5.41, 5.74) is 0.769. The first-order valence-corrected chi connectivity index (χ1v) is 7.44. The van der Waals surface area contributed by atoms with Crippen LogP contribution in [0, 0.1) is 11.8 Å². The van der Waals surface area contributed by atoms with Crippen molar-refractivity contribution in [2.24, 2.45) is 0 Å². The van der Waals surface area contributed by atoms with Gasteiger partial charge in [0.2, 0.25) is 0 Å². The molecule has 0 spiro atoms. The van der Waals surface area contributed by atoms with Crippen LogP contribution in [0.5, 0.6) is 0 Å². The number of amides is 1. The molecule has 2 aromatic heterocycles. The third-order valence-electron chi connectivity index (χ3n) is 2.43. The van der Waals surface area contributed by atoms with Crippen LogP contribution in [0.25, 0.3) is 0 Å². The molecule has 2 heterocycles. The van der Waals surface area contributed by atoms with Crippen LogP contribution < -0.4 is 5.32 Å². The molecule has 0 aliphatic carbocycles. The topological polar surface area (TPSA) is 62.2 Å². The molecule has 0 radical (unpaired) electrons. The Bertz CT molecular complexity index is 673. The predicted octanol–water partition coefficient (Wildman–Crippen LogP) is 2.18. The van der Waals surface area contributed by atoms with Crippen molar-refractivity contribution in [3.8, 4) is 11.8 Å². The highest BCUT2D eigenvalue weighted by atomic mass is 79.9. The highest BCUT2D eigenvalue weighted by Gasteiger charge is 2.12. The monoisotopic (exact) mass is 350 g/mol. The summed E-state index contributed by atoms with van der Waals surface area (Å²) in [7, 11) is 0. The number of nitrogens with zero attached hydrogens (tertiary/aromatic N) is 1. The maximum Gasteiger partial charge on any atom is 0.271 e. The molecule has 4 nitrogen and oxygen atoms in total. The standard InChI is InChI=1S/C14H11BrN2O2S/c15-11-5-8-20-12(11)9-17-14(19)13-10(4-2-7-18)3-1-6-16-13/h1,3,5-6,8,18H,7,9H2,(H,17,19). The number of thiophene rings is 1. The Morgan fingerprint density at radius 3 is 3.05 bits per heavy atom. The summed E-state index contributed by atoms with van der Waals surface area (Å²) in [6.45, 7) is 0.179. The first-order valence-electron chi connectivity index (χ1n) is 5.77. The van der Waals surface area contributed by atoms with E-state index < -0.39 is 0 Å². The lowest BCUT2D eigenvalue weighted by Gasteiger charge is -2.05. The molecule has 2 rings (SSSR count). The summed E-state index contributed by atoms with van der Waals surface area (Å²) in [6.07, 6.45) is 1.54. The molecule has 2 aromatic rings. The van der Waals surface area contributed by atoms with E-state index in [0.717, 1.165) is 9.35 Å². The Morgan fingerprint density at radius 1 is 1.50 bits per heavy atom. The Labute approximate surface area is 129 Å². The maximum absolute atomic E-state index is 12.1. The van der Waals surface area contributed by atoms with Gasteiger partial charge in [-0.2, -0.15) is 0 Å². The second-order valence-corrected chi connectivity index (χ2v) is 5.59. The molecule has 0 aromatic carbocycles. The highest BCUT2D eigenvalue weighted by Crippen LogP contribution is 2.22. The lowest BCUT2D eigenvalue weighted by atomic mass is 10.2. The molecule has 1 amide bonds. The number of aromatic nitrogens is 1. The van der Waals surface area contributed by atoms with Gasteiger partial charge in [-0.15, -0.1) is 11.3 Å². The number of rotatable bonds is 3. The van der Waals surface area contributed by atoms with E-state index in [9.17, 15) is 4.79 Å². The smallest absolute Gasteiger partial charge is 0.271 e. The molecule has 20 heavy (non-hydrogen) atoms. The van der Waals surface area contributed by atoms with E-state index in [-0.39, 0.29) is 18.2 Å². The second kappa shape index (κ2) is 7.20. The molecule has 6 heteroatoms. The number of halogens is 1. The molecule has 0 atom stereocenters. The lowest BCUT2D eigenvalue weighted by Crippen LogP contribution is -2.24. The minimum atomic E-state index is -0.284. The van der Waals surface area contributed by atoms with E-state index in [1.807, 2.05) is 11.4 Å². The van der Waals surface area contributed by atoms with Gasteiger partial charge in [-0.25, -0.2) is 4.98 Å². The van der Waals surface area contributed by atoms with Gasteiger partial charge in [-0.3, -0.25) is 4.79 Å². The summed E-state index contributed by atoms with van der Waals surface area (Å²) in [5, 5.41) is 13.5. The molecular weight excluding hydrogens is 340 g/mol. The van der Waals surface area contributed by atoms with Crippen molar-refractivity contribution in [1.82, 2.24) is 10.3 Å². The Balaban J connectivity index is 2.11. The lowest BCUT2D eigenvalue weighted by molar-refractivity contribution is 0.0946. The van der Waals surface area contributed by atoms with E-state index >= 15 is 0 Å². The molecule has 0 saturated heterocycles. The molecule has 0 aliphatic heterocycles. The van der Waals surface area contributed by atoms with Gasteiger partial charge in [0, 0.05) is 15.5 Å². The van der Waals surface area contributed by atoms with Crippen molar-refractivity contribution < 1.29 is 9.90 Å². The van der Waals surface area contributed by atoms with Gasteiger partial charge >= 0.3 is 0 Å². The number of aliphatic hydroxyl groups excluding tert-OH is 1. The zero-order chi connectivity index (χ0) is 14.4. The Morgan fingerprint density at radius 2 is 2.35 bits per heavy atom. The fourth-order valence-corrected chi connectivity index (χ4v) is 2.95. The van der Waals surface area contributed by atoms with Crippen LogP contribution in [-0.2, 0) is 6.54 Å². The number of nitrogens with one attached hydrogen (secondary N) is 1. The van der Waals surface area contributed by atoms with Crippen molar-refractivity contribution in [3.05, 3.63) is 50.4 Å². The zero-order valence-corrected chi connectivity index (χ0v) is 12.8. The largest absolute Gasteiger partial charge is 0.384 e. The van der Waals surface area contributed by atoms with E-state index in [0.29, 0.717) is 12.1 Å². The van der Waals surface area contributed by atoms with Crippen molar-refractivity contribution in [1.29, 1.82) is 0 Å². The Kier molecular flexibility index (Phi) is 5.30. The summed E-state index contributed by atoms with van der Waals surface area (Å²) in [5.74, 6) is 4.95. The molecule has 102 valence electrons. The minimum absolute atomic E-state index is 0.252. The molecule has 0 aliphatic rings. The first-order chi connectivity index (χ1) is 9.72. The molecule has 0 unspecified atom stereocenters. The fraction of sp³-hybridized carbons (Fsp3) is 0.143. The average Bonchev–Trinajstić information content (AvgIpc) is 2.88. The van der Waals surface area contributed by atoms with Crippen molar-refractivity contribution in [2.45, 2.75) is 6.54 Å². The number of hydrogen-bond acceptors (Lipinski definition) is 4. The van der Waals surface area contributed by atoms with Crippen LogP contribution in [0.4, 0.5) is 0 Å². The highest BCUT2D eigenvalue weighted by molar-refractivity contribution is 9.10. The number of carbonyl (C=O) groups excluding carboxylic acids is 1. The SMILES string of the molecule is O=C(NCc1sccc1Br)c1ncccc1C#CCO. The van der Waals surface area contributed by atoms with Crippen LogP contribution in [0.3, 0.4) is 0 Å². The minimum Gasteiger partial charge on any atom is -0.384 e. The summed E-state index contributed by atoms with van der Waals surface area (Å²) >= 11 is 4.98. The molecule has 0 saturated carbocycles. The van der Waals surface area contributed by atoms with Crippen LogP contribution in [0.1, 0.15) is 20.9 Å². The number of hydrogen-bond donors (Lipinski definition) is 2. The van der Waals surface area contributed by atoms with Gasteiger partial charge in [-0.1, -0.05) is 11.8 Å². The van der Waals surface area contributed by atoms with Gasteiger partial charge in [0.25, 0.3) is 5.91 Å². The van der Waals surface area contributed by atoms with E-state index in [4.69, 9.17) is 5.11 Å². The van der Waals surface area contributed by atoms with Crippen LogP contribution in [-0.4, -0.2) is 22.6 Å². The average molecular weight is 351 g/mol. The van der Waals surface area contributed by atoms with Crippen LogP contribution in [0.15, 0.2) is 34.2 Å².